The zero-order chi connectivity index (χ0) is 20.4. The zero-order valence-corrected chi connectivity index (χ0v) is 16.6. The third-order valence-electron chi connectivity index (χ3n) is 3.42. The number of methoxy groups -OCH3 is 1. The number of anilines is 1. The molecule has 0 heterocycles. The standard InChI is InChI=1S/C19H29N3O5/c1-19(2,3)27-18(25)20-12-6-7-17(24)22(4)13-16(23)21-14-8-10-15(26-5)11-9-14/h8-11H,6-7,12-13H2,1-5H3,(H,20,25)(H,21,23). The summed E-state index contributed by atoms with van der Waals surface area (Å²) >= 11 is 0. The van der Waals surface area contributed by atoms with Crippen molar-refractivity contribution in [3.8, 4) is 5.75 Å². The molecule has 0 atom stereocenters. The van der Waals surface area contributed by atoms with Crippen LogP contribution in [-0.2, 0) is 14.3 Å². The molecule has 0 aliphatic carbocycles. The number of nitrogens with zero attached hydrogens (tertiary/aromatic N) is 1. The number of benzene rings is 1. The Labute approximate surface area is 160 Å². The van der Waals surface area contributed by atoms with E-state index in [0.29, 0.717) is 24.4 Å². The van der Waals surface area contributed by atoms with Crippen molar-refractivity contribution in [3.63, 3.8) is 0 Å². The van der Waals surface area contributed by atoms with Crippen LogP contribution in [0.15, 0.2) is 24.3 Å². The lowest BCUT2D eigenvalue weighted by molar-refractivity contribution is -0.133. The third-order valence-corrected chi connectivity index (χ3v) is 3.42. The highest BCUT2D eigenvalue weighted by molar-refractivity contribution is 5.94. The summed E-state index contributed by atoms with van der Waals surface area (Å²) in [6, 6.07) is 6.92. The maximum atomic E-state index is 12.1. The molecule has 27 heavy (non-hydrogen) atoms. The summed E-state index contributed by atoms with van der Waals surface area (Å²) in [5, 5.41) is 5.32. The van der Waals surface area contributed by atoms with Gasteiger partial charge in [-0.05, 0) is 51.5 Å². The lowest BCUT2D eigenvalue weighted by atomic mass is 10.2. The van der Waals surface area contributed by atoms with Crippen LogP contribution in [0.3, 0.4) is 0 Å². The van der Waals surface area contributed by atoms with Crippen LogP contribution >= 0.6 is 0 Å². The minimum absolute atomic E-state index is 0.0512. The Balaban J connectivity index is 2.28. The molecule has 8 heteroatoms. The molecule has 0 saturated heterocycles. The van der Waals surface area contributed by atoms with Crippen LogP contribution < -0.4 is 15.4 Å². The van der Waals surface area contributed by atoms with E-state index in [9.17, 15) is 14.4 Å². The van der Waals surface area contributed by atoms with E-state index in [2.05, 4.69) is 10.6 Å². The minimum Gasteiger partial charge on any atom is -0.497 e. The number of amides is 3. The molecule has 1 rings (SSSR count). The van der Waals surface area contributed by atoms with E-state index >= 15 is 0 Å². The van der Waals surface area contributed by atoms with Crippen molar-refractivity contribution in [2.75, 3.05) is 32.6 Å². The Morgan fingerprint density at radius 1 is 1.11 bits per heavy atom. The van der Waals surface area contributed by atoms with E-state index in [4.69, 9.17) is 9.47 Å². The Hall–Kier alpha value is -2.77. The van der Waals surface area contributed by atoms with Crippen LogP contribution in [-0.4, -0.2) is 55.7 Å². The quantitative estimate of drug-likeness (QED) is 0.676. The van der Waals surface area contributed by atoms with E-state index in [0.717, 1.165) is 0 Å². The first kappa shape index (κ1) is 22.3. The molecular formula is C19H29N3O5. The topological polar surface area (TPSA) is 97.0 Å². The summed E-state index contributed by atoms with van der Waals surface area (Å²) in [6.45, 7) is 5.61. The number of likely N-dealkylation sites (N-methyl/N-ethyl adjacent to an activating group) is 1. The first-order chi connectivity index (χ1) is 12.6. The Morgan fingerprint density at radius 2 is 1.74 bits per heavy atom. The molecule has 0 aromatic heterocycles. The Bertz CT molecular complexity index is 638. The molecule has 3 amide bonds. The molecule has 0 radical (unpaired) electrons. The maximum absolute atomic E-state index is 12.1. The summed E-state index contributed by atoms with van der Waals surface area (Å²) < 4.78 is 10.2. The molecule has 0 spiro atoms. The van der Waals surface area contributed by atoms with Crippen LogP contribution in [0.2, 0.25) is 0 Å². The van der Waals surface area contributed by atoms with Crippen LogP contribution in [0.1, 0.15) is 33.6 Å². The predicted octanol–water partition coefficient (Wildman–Crippen LogP) is 2.40. The van der Waals surface area contributed by atoms with Gasteiger partial charge in [-0.2, -0.15) is 0 Å². The maximum Gasteiger partial charge on any atom is 0.407 e. The third kappa shape index (κ3) is 9.48. The number of alkyl carbamates (subject to hydrolysis) is 1. The molecule has 8 nitrogen and oxygen atoms in total. The SMILES string of the molecule is COc1ccc(NC(=O)CN(C)C(=O)CCCNC(=O)OC(C)(C)C)cc1. The van der Waals surface area contributed by atoms with Crippen molar-refractivity contribution in [2.45, 2.75) is 39.2 Å². The molecule has 1 aromatic carbocycles. The number of nitrogens with one attached hydrogen (secondary N) is 2. The first-order valence-electron chi connectivity index (χ1n) is 8.75. The van der Waals surface area contributed by atoms with Gasteiger partial charge in [0.05, 0.1) is 13.7 Å². The Kier molecular flexibility index (Phi) is 8.58. The molecule has 0 aliphatic rings. The van der Waals surface area contributed by atoms with Crippen molar-refractivity contribution < 1.29 is 23.9 Å². The molecule has 0 saturated carbocycles. The number of hydrogen-bond donors (Lipinski definition) is 2. The predicted molar refractivity (Wildman–Crippen MR) is 103 cm³/mol. The lowest BCUT2D eigenvalue weighted by Crippen LogP contribution is -2.36. The average molecular weight is 379 g/mol. The van der Waals surface area contributed by atoms with Crippen molar-refractivity contribution in [2.24, 2.45) is 0 Å². The number of ether oxygens (including phenoxy) is 2. The number of hydrogen-bond acceptors (Lipinski definition) is 5. The average Bonchev–Trinajstić information content (AvgIpc) is 2.57. The highest BCUT2D eigenvalue weighted by Gasteiger charge is 2.16. The summed E-state index contributed by atoms with van der Waals surface area (Å²) in [5.41, 5.74) is 0.0698. The highest BCUT2D eigenvalue weighted by atomic mass is 16.6. The fourth-order valence-electron chi connectivity index (χ4n) is 2.11. The monoisotopic (exact) mass is 379 g/mol. The largest absolute Gasteiger partial charge is 0.497 e. The van der Waals surface area contributed by atoms with E-state index in [1.807, 2.05) is 0 Å². The van der Waals surface area contributed by atoms with Crippen LogP contribution in [0.25, 0.3) is 0 Å². The van der Waals surface area contributed by atoms with Gasteiger partial charge in [0.2, 0.25) is 11.8 Å². The fraction of sp³-hybridized carbons (Fsp3) is 0.526. The van der Waals surface area contributed by atoms with Crippen molar-refractivity contribution >= 4 is 23.6 Å². The van der Waals surface area contributed by atoms with E-state index < -0.39 is 11.7 Å². The molecule has 1 aromatic rings. The van der Waals surface area contributed by atoms with Crippen molar-refractivity contribution in [1.29, 1.82) is 0 Å². The Morgan fingerprint density at radius 3 is 2.30 bits per heavy atom. The molecular weight excluding hydrogens is 350 g/mol. The normalized spacial score (nSPS) is 10.7. The van der Waals surface area contributed by atoms with E-state index in [-0.39, 0.29) is 24.8 Å². The molecule has 0 unspecified atom stereocenters. The second-order valence-electron chi connectivity index (χ2n) is 7.06. The fourth-order valence-corrected chi connectivity index (χ4v) is 2.11. The van der Waals surface area contributed by atoms with Crippen LogP contribution in [0.5, 0.6) is 5.75 Å². The molecule has 0 aliphatic heterocycles. The second kappa shape index (κ2) is 10.4. The molecule has 0 bridgehead atoms. The van der Waals surface area contributed by atoms with Crippen LogP contribution in [0.4, 0.5) is 10.5 Å². The summed E-state index contributed by atoms with van der Waals surface area (Å²) in [4.78, 5) is 37.0. The van der Waals surface area contributed by atoms with Gasteiger partial charge in [0.1, 0.15) is 11.4 Å². The molecule has 0 fully saturated rings. The number of carbonyl (C=O) groups excluding carboxylic acids is 3. The van der Waals surface area contributed by atoms with Gasteiger partial charge in [0.25, 0.3) is 0 Å². The van der Waals surface area contributed by atoms with E-state index in [1.165, 1.54) is 4.90 Å². The molecule has 150 valence electrons. The minimum atomic E-state index is -0.558. The van der Waals surface area contributed by atoms with Gasteiger partial charge in [-0.15, -0.1) is 0 Å². The van der Waals surface area contributed by atoms with Gasteiger partial charge < -0.3 is 25.0 Å². The molecule has 2 N–H and O–H groups in total. The van der Waals surface area contributed by atoms with Crippen LogP contribution in [0, 0.1) is 0 Å². The summed E-state index contributed by atoms with van der Waals surface area (Å²) in [6.07, 6.45) is 0.173. The van der Waals surface area contributed by atoms with Gasteiger partial charge >= 0.3 is 6.09 Å². The second-order valence-corrected chi connectivity index (χ2v) is 7.06. The summed E-state index contributed by atoms with van der Waals surface area (Å²) in [5.74, 6) is 0.231. The van der Waals surface area contributed by atoms with Crippen molar-refractivity contribution in [1.82, 2.24) is 10.2 Å². The zero-order valence-electron chi connectivity index (χ0n) is 16.6. The number of carbonyl (C=O) groups is 3. The summed E-state index contributed by atoms with van der Waals surface area (Å²) in [7, 11) is 3.13. The lowest BCUT2D eigenvalue weighted by Gasteiger charge is -2.20. The smallest absolute Gasteiger partial charge is 0.407 e. The highest BCUT2D eigenvalue weighted by Crippen LogP contribution is 2.14. The van der Waals surface area contributed by atoms with E-state index in [1.54, 1.807) is 59.2 Å². The first-order valence-corrected chi connectivity index (χ1v) is 8.75. The van der Waals surface area contributed by atoms with Crippen molar-refractivity contribution in [3.05, 3.63) is 24.3 Å². The van der Waals surface area contributed by atoms with Gasteiger partial charge in [0.15, 0.2) is 0 Å². The van der Waals surface area contributed by atoms with Gasteiger partial charge in [-0.25, -0.2) is 4.79 Å². The van der Waals surface area contributed by atoms with Gasteiger partial charge in [0, 0.05) is 25.7 Å². The van der Waals surface area contributed by atoms with Gasteiger partial charge in [-0.1, -0.05) is 0 Å². The van der Waals surface area contributed by atoms with Gasteiger partial charge in [-0.3, -0.25) is 9.59 Å². The number of rotatable bonds is 8.